The molecule has 1 amide bonds. The van der Waals surface area contributed by atoms with Crippen LogP contribution in [0.4, 0.5) is 5.69 Å². The molecule has 1 fully saturated rings. The molecule has 1 N–H and O–H groups in total. The van der Waals surface area contributed by atoms with Crippen LogP contribution < -0.4 is 10.1 Å². The molecule has 2 aromatic carbocycles. The van der Waals surface area contributed by atoms with Gasteiger partial charge in [0.2, 0.25) is 5.91 Å². The number of methoxy groups -OCH3 is 1. The minimum Gasteiger partial charge on any atom is -0.497 e. The number of hydrogen-bond donors (Lipinski definition) is 1. The number of aromatic nitrogens is 3. The van der Waals surface area contributed by atoms with Crippen molar-refractivity contribution in [3.63, 3.8) is 0 Å². The number of benzene rings is 2. The second-order valence-corrected chi connectivity index (χ2v) is 9.69. The van der Waals surface area contributed by atoms with Crippen LogP contribution in [0.1, 0.15) is 49.2 Å². The second kappa shape index (κ2) is 11.1. The number of rotatable bonds is 8. The zero-order valence-electron chi connectivity index (χ0n) is 20.4. The molecule has 1 aliphatic heterocycles. The Kier molecular flexibility index (Phi) is 7.90. The van der Waals surface area contributed by atoms with Crippen LogP contribution in [-0.4, -0.2) is 51.5 Å². The zero-order valence-corrected chi connectivity index (χ0v) is 21.2. The van der Waals surface area contributed by atoms with Crippen molar-refractivity contribution in [2.75, 3.05) is 31.3 Å². The van der Waals surface area contributed by atoms with Crippen molar-refractivity contribution < 1.29 is 9.53 Å². The molecule has 3 aromatic rings. The number of para-hydroxylation sites is 1. The summed E-state index contributed by atoms with van der Waals surface area (Å²) in [6.07, 6.45) is 3.70. The van der Waals surface area contributed by atoms with E-state index in [4.69, 9.17) is 4.74 Å². The molecule has 0 saturated carbocycles. The van der Waals surface area contributed by atoms with Crippen LogP contribution in [0.3, 0.4) is 0 Å². The number of anilines is 1. The molecule has 2 heterocycles. The van der Waals surface area contributed by atoms with E-state index in [1.807, 2.05) is 56.3 Å². The molecule has 0 aliphatic carbocycles. The topological polar surface area (TPSA) is 72.3 Å². The van der Waals surface area contributed by atoms with E-state index in [1.54, 1.807) is 7.11 Å². The lowest BCUT2D eigenvalue weighted by Gasteiger charge is -2.31. The first-order valence-corrected chi connectivity index (χ1v) is 12.8. The standard InChI is InChI=1S/C26H33N5O2S/c1-18-9-8-10-19(2)24(18)27-23(32)17-34-26-29-28-25(20(3)30-15-6-5-7-16-30)31(26)21-11-13-22(33-4)14-12-21/h8-14,20H,5-7,15-17H2,1-4H3,(H,27,32)/t20-/m1/s1. The Morgan fingerprint density at radius 3 is 2.38 bits per heavy atom. The fourth-order valence-corrected chi connectivity index (χ4v) is 5.16. The Hall–Kier alpha value is -2.84. The Bertz CT molecular complexity index is 1100. The molecular weight excluding hydrogens is 446 g/mol. The summed E-state index contributed by atoms with van der Waals surface area (Å²) < 4.78 is 7.42. The first-order chi connectivity index (χ1) is 16.5. The summed E-state index contributed by atoms with van der Waals surface area (Å²) in [6.45, 7) is 8.33. The second-order valence-electron chi connectivity index (χ2n) is 8.75. The van der Waals surface area contributed by atoms with E-state index < -0.39 is 0 Å². The summed E-state index contributed by atoms with van der Waals surface area (Å²) in [5.41, 5.74) is 3.95. The van der Waals surface area contributed by atoms with Crippen LogP contribution in [0.5, 0.6) is 5.75 Å². The van der Waals surface area contributed by atoms with E-state index in [0.29, 0.717) is 5.16 Å². The fourth-order valence-electron chi connectivity index (χ4n) is 4.41. The number of carbonyl (C=O) groups excluding carboxylic acids is 1. The number of nitrogens with zero attached hydrogens (tertiary/aromatic N) is 4. The number of likely N-dealkylation sites (tertiary alicyclic amines) is 1. The van der Waals surface area contributed by atoms with Crippen LogP contribution in [0.25, 0.3) is 5.69 Å². The summed E-state index contributed by atoms with van der Waals surface area (Å²) in [6, 6.07) is 14.0. The average Bonchev–Trinajstić information content (AvgIpc) is 3.29. The van der Waals surface area contributed by atoms with Crippen LogP contribution in [0.2, 0.25) is 0 Å². The Labute approximate surface area is 205 Å². The number of ether oxygens (including phenoxy) is 1. The highest BCUT2D eigenvalue weighted by molar-refractivity contribution is 7.99. The lowest BCUT2D eigenvalue weighted by atomic mass is 10.1. The highest BCUT2D eigenvalue weighted by atomic mass is 32.2. The smallest absolute Gasteiger partial charge is 0.234 e. The van der Waals surface area contributed by atoms with Crippen molar-refractivity contribution in [3.05, 3.63) is 59.4 Å². The maximum absolute atomic E-state index is 12.8. The van der Waals surface area contributed by atoms with Gasteiger partial charge in [0.05, 0.1) is 18.9 Å². The van der Waals surface area contributed by atoms with Gasteiger partial charge in [-0.2, -0.15) is 0 Å². The van der Waals surface area contributed by atoms with Gasteiger partial charge in [-0.25, -0.2) is 0 Å². The minimum atomic E-state index is -0.0580. The van der Waals surface area contributed by atoms with Gasteiger partial charge in [-0.1, -0.05) is 36.4 Å². The van der Waals surface area contributed by atoms with Gasteiger partial charge in [0.15, 0.2) is 11.0 Å². The van der Waals surface area contributed by atoms with E-state index in [1.165, 1.54) is 31.0 Å². The van der Waals surface area contributed by atoms with Crippen molar-refractivity contribution in [1.82, 2.24) is 19.7 Å². The summed E-state index contributed by atoms with van der Waals surface area (Å²) in [5.74, 6) is 1.88. The van der Waals surface area contributed by atoms with Gasteiger partial charge in [-0.15, -0.1) is 10.2 Å². The number of amides is 1. The average molecular weight is 480 g/mol. The molecule has 1 atom stereocenters. The van der Waals surface area contributed by atoms with Crippen LogP contribution in [0, 0.1) is 13.8 Å². The highest BCUT2D eigenvalue weighted by Gasteiger charge is 2.26. The number of aryl methyl sites for hydroxylation is 2. The largest absolute Gasteiger partial charge is 0.497 e. The minimum absolute atomic E-state index is 0.0580. The van der Waals surface area contributed by atoms with Gasteiger partial charge in [0.1, 0.15) is 5.75 Å². The zero-order chi connectivity index (χ0) is 24.1. The summed E-state index contributed by atoms with van der Waals surface area (Å²) in [5, 5.41) is 12.9. The number of hydrogen-bond acceptors (Lipinski definition) is 6. The predicted octanol–water partition coefficient (Wildman–Crippen LogP) is 5.17. The Morgan fingerprint density at radius 2 is 1.74 bits per heavy atom. The van der Waals surface area contributed by atoms with Gasteiger partial charge in [0.25, 0.3) is 0 Å². The van der Waals surface area contributed by atoms with Gasteiger partial charge < -0.3 is 10.1 Å². The first-order valence-electron chi connectivity index (χ1n) is 11.8. The monoisotopic (exact) mass is 479 g/mol. The molecule has 0 spiro atoms. The third-order valence-corrected chi connectivity index (χ3v) is 7.31. The van der Waals surface area contributed by atoms with E-state index in [0.717, 1.165) is 47.2 Å². The molecule has 34 heavy (non-hydrogen) atoms. The summed E-state index contributed by atoms with van der Waals surface area (Å²) in [4.78, 5) is 15.3. The van der Waals surface area contributed by atoms with Gasteiger partial charge in [-0.3, -0.25) is 14.3 Å². The number of nitrogens with one attached hydrogen (secondary N) is 1. The van der Waals surface area contributed by atoms with Gasteiger partial charge in [-0.05, 0) is 82.1 Å². The molecule has 180 valence electrons. The molecule has 7 nitrogen and oxygen atoms in total. The fraction of sp³-hybridized carbons (Fsp3) is 0.423. The number of carbonyl (C=O) groups is 1. The quantitative estimate of drug-likeness (QED) is 0.450. The molecule has 1 aromatic heterocycles. The van der Waals surface area contributed by atoms with E-state index >= 15 is 0 Å². The summed E-state index contributed by atoms with van der Waals surface area (Å²) in [7, 11) is 1.66. The highest BCUT2D eigenvalue weighted by Crippen LogP contribution is 2.30. The van der Waals surface area contributed by atoms with E-state index in [-0.39, 0.29) is 17.7 Å². The Morgan fingerprint density at radius 1 is 1.06 bits per heavy atom. The molecule has 1 aliphatic rings. The van der Waals surface area contributed by atoms with E-state index in [2.05, 4.69) is 31.9 Å². The van der Waals surface area contributed by atoms with Crippen molar-refractivity contribution >= 4 is 23.4 Å². The van der Waals surface area contributed by atoms with Crippen molar-refractivity contribution in [2.45, 2.75) is 51.2 Å². The van der Waals surface area contributed by atoms with Crippen LogP contribution in [0.15, 0.2) is 47.6 Å². The molecule has 1 saturated heterocycles. The van der Waals surface area contributed by atoms with Gasteiger partial charge >= 0.3 is 0 Å². The maximum Gasteiger partial charge on any atom is 0.234 e. The normalized spacial score (nSPS) is 15.2. The Balaban J connectivity index is 1.57. The molecule has 4 rings (SSSR count). The van der Waals surface area contributed by atoms with Crippen molar-refractivity contribution in [2.24, 2.45) is 0 Å². The third-order valence-electron chi connectivity index (χ3n) is 6.38. The van der Waals surface area contributed by atoms with Gasteiger partial charge in [0, 0.05) is 11.4 Å². The molecular formula is C26H33N5O2S. The number of piperidine rings is 1. The SMILES string of the molecule is COc1ccc(-n2c(SCC(=O)Nc3c(C)cccc3C)nnc2[C@@H](C)N2CCCCC2)cc1. The molecule has 8 heteroatoms. The number of thioether (sulfide) groups is 1. The van der Waals surface area contributed by atoms with Crippen molar-refractivity contribution in [1.29, 1.82) is 0 Å². The lowest BCUT2D eigenvalue weighted by molar-refractivity contribution is -0.113. The van der Waals surface area contributed by atoms with Crippen molar-refractivity contribution in [3.8, 4) is 11.4 Å². The summed E-state index contributed by atoms with van der Waals surface area (Å²) >= 11 is 1.40. The van der Waals surface area contributed by atoms with E-state index in [9.17, 15) is 4.79 Å². The third kappa shape index (κ3) is 5.45. The molecule has 0 unspecified atom stereocenters. The first kappa shape index (κ1) is 24.3. The molecule has 0 bridgehead atoms. The molecule has 0 radical (unpaired) electrons. The lowest BCUT2D eigenvalue weighted by Crippen LogP contribution is -2.33. The predicted molar refractivity (Wildman–Crippen MR) is 137 cm³/mol. The van der Waals surface area contributed by atoms with Crippen LogP contribution >= 0.6 is 11.8 Å². The van der Waals surface area contributed by atoms with Crippen LogP contribution in [-0.2, 0) is 4.79 Å². The maximum atomic E-state index is 12.8.